The first-order valence-corrected chi connectivity index (χ1v) is 7.20. The first-order chi connectivity index (χ1) is 9.19. The fourth-order valence-corrected chi connectivity index (χ4v) is 2.70. The maximum Gasteiger partial charge on any atom is 0.188 e. The number of nitrogens with two attached hydrogens (primary N) is 1. The van der Waals surface area contributed by atoms with E-state index < -0.39 is 0 Å². The summed E-state index contributed by atoms with van der Waals surface area (Å²) in [7, 11) is 0. The number of halogens is 1. The number of hydrazone groups is 1. The average molecular weight is 295 g/mol. The highest BCUT2D eigenvalue weighted by Crippen LogP contribution is 2.32. The van der Waals surface area contributed by atoms with Crippen molar-refractivity contribution in [3.63, 3.8) is 0 Å². The molecule has 19 heavy (non-hydrogen) atoms. The third-order valence-corrected chi connectivity index (χ3v) is 3.62. The van der Waals surface area contributed by atoms with Crippen molar-refractivity contribution < 1.29 is 0 Å². The summed E-state index contributed by atoms with van der Waals surface area (Å²) in [4.78, 5) is 13.0. The highest BCUT2D eigenvalue weighted by atomic mass is 35.5. The number of allylic oxidation sites excluding steroid dienone is 1. The molecule has 0 saturated carbocycles. The molecule has 0 aliphatic carbocycles. The van der Waals surface area contributed by atoms with Gasteiger partial charge in [0.05, 0.1) is 5.69 Å². The lowest BCUT2D eigenvalue weighted by Crippen LogP contribution is -2.31. The summed E-state index contributed by atoms with van der Waals surface area (Å²) >= 11 is 7.45. The fourth-order valence-electron chi connectivity index (χ4n) is 2.07. The van der Waals surface area contributed by atoms with E-state index in [1.54, 1.807) is 17.3 Å². The van der Waals surface area contributed by atoms with Gasteiger partial charge in [-0.3, -0.25) is 4.99 Å². The summed E-state index contributed by atoms with van der Waals surface area (Å²) in [5.41, 5.74) is 6.74. The second-order valence-electron chi connectivity index (χ2n) is 4.04. The van der Waals surface area contributed by atoms with Gasteiger partial charge in [0.2, 0.25) is 0 Å². The van der Waals surface area contributed by atoms with Gasteiger partial charge in [0, 0.05) is 12.4 Å². The molecule has 6 nitrogen and oxygen atoms in total. The highest BCUT2D eigenvalue weighted by Gasteiger charge is 2.38. The predicted octanol–water partition coefficient (Wildman–Crippen LogP) is 1.45. The van der Waals surface area contributed by atoms with Crippen LogP contribution in [0.25, 0.3) is 0 Å². The summed E-state index contributed by atoms with van der Waals surface area (Å²) < 4.78 is 0. The SMILES string of the molecule is CSc1nc(Cl)cc(C2C(N)=NN3C=CC=NC23)n1. The van der Waals surface area contributed by atoms with Crippen molar-refractivity contribution in [1.29, 1.82) is 0 Å². The number of aliphatic imine (C=N–C) groups is 1. The second kappa shape index (κ2) is 4.82. The van der Waals surface area contributed by atoms with Crippen molar-refractivity contribution in [1.82, 2.24) is 15.0 Å². The van der Waals surface area contributed by atoms with E-state index in [2.05, 4.69) is 20.1 Å². The van der Waals surface area contributed by atoms with Crippen LogP contribution < -0.4 is 5.73 Å². The minimum absolute atomic E-state index is 0.189. The summed E-state index contributed by atoms with van der Waals surface area (Å²) in [6, 6.07) is 1.71. The zero-order valence-corrected chi connectivity index (χ0v) is 11.6. The van der Waals surface area contributed by atoms with Crippen LogP contribution in [0.15, 0.2) is 33.6 Å². The van der Waals surface area contributed by atoms with Gasteiger partial charge >= 0.3 is 0 Å². The predicted molar refractivity (Wildman–Crippen MR) is 76.4 cm³/mol. The van der Waals surface area contributed by atoms with Gasteiger partial charge in [0.1, 0.15) is 16.9 Å². The molecule has 2 N–H and O–H groups in total. The van der Waals surface area contributed by atoms with Crippen LogP contribution in [0.4, 0.5) is 0 Å². The van der Waals surface area contributed by atoms with Crippen LogP contribution >= 0.6 is 23.4 Å². The van der Waals surface area contributed by atoms with Gasteiger partial charge in [-0.25, -0.2) is 15.0 Å². The molecule has 0 spiro atoms. The topological polar surface area (TPSA) is 79.8 Å². The Morgan fingerprint density at radius 3 is 3.05 bits per heavy atom. The monoisotopic (exact) mass is 294 g/mol. The van der Waals surface area contributed by atoms with Gasteiger partial charge < -0.3 is 5.73 Å². The second-order valence-corrected chi connectivity index (χ2v) is 5.20. The third kappa shape index (κ3) is 2.19. The Morgan fingerprint density at radius 2 is 2.26 bits per heavy atom. The number of aromatic nitrogens is 2. The van der Waals surface area contributed by atoms with E-state index in [1.807, 2.05) is 18.5 Å². The number of hydrogen-bond donors (Lipinski definition) is 1. The van der Waals surface area contributed by atoms with E-state index >= 15 is 0 Å². The van der Waals surface area contributed by atoms with E-state index in [9.17, 15) is 0 Å². The van der Waals surface area contributed by atoms with E-state index in [-0.39, 0.29) is 12.1 Å². The first kappa shape index (κ1) is 12.4. The molecule has 0 amide bonds. The minimum Gasteiger partial charge on any atom is -0.385 e. The number of fused-ring (bicyclic) bond motifs is 1. The zero-order chi connectivity index (χ0) is 13.4. The molecule has 0 saturated heterocycles. The Balaban J connectivity index is 2.02. The largest absolute Gasteiger partial charge is 0.385 e. The van der Waals surface area contributed by atoms with Gasteiger partial charge in [-0.1, -0.05) is 23.4 Å². The summed E-state index contributed by atoms with van der Waals surface area (Å²) in [5.74, 6) is 0.281. The number of hydrogen-bond acceptors (Lipinski definition) is 7. The van der Waals surface area contributed by atoms with Crippen molar-refractivity contribution in [2.45, 2.75) is 17.2 Å². The molecular formula is C11H11ClN6S. The molecule has 0 radical (unpaired) electrons. The zero-order valence-electron chi connectivity index (χ0n) is 10.1. The van der Waals surface area contributed by atoms with Crippen LogP contribution in [0.1, 0.15) is 11.6 Å². The Bertz CT molecular complexity index is 599. The summed E-state index contributed by atoms with van der Waals surface area (Å²) in [5, 5.41) is 7.02. The van der Waals surface area contributed by atoms with Gasteiger partial charge in [-0.15, -0.1) is 0 Å². The lowest BCUT2D eigenvalue weighted by Gasteiger charge is -2.22. The molecule has 3 rings (SSSR count). The van der Waals surface area contributed by atoms with Crippen LogP contribution in [0.5, 0.6) is 0 Å². The molecule has 98 valence electrons. The van der Waals surface area contributed by atoms with Crippen molar-refractivity contribution in [3.05, 3.63) is 29.2 Å². The smallest absolute Gasteiger partial charge is 0.188 e. The van der Waals surface area contributed by atoms with Crippen molar-refractivity contribution in [2.24, 2.45) is 15.8 Å². The first-order valence-electron chi connectivity index (χ1n) is 5.60. The van der Waals surface area contributed by atoms with Crippen molar-refractivity contribution in [3.8, 4) is 0 Å². The van der Waals surface area contributed by atoms with Gasteiger partial charge in [-0.2, -0.15) is 5.10 Å². The van der Waals surface area contributed by atoms with Gasteiger partial charge in [-0.05, 0) is 18.4 Å². The number of rotatable bonds is 2. The van der Waals surface area contributed by atoms with Crippen LogP contribution in [0.2, 0.25) is 5.15 Å². The number of nitrogens with zero attached hydrogens (tertiary/aromatic N) is 5. The quantitative estimate of drug-likeness (QED) is 0.507. The summed E-state index contributed by atoms with van der Waals surface area (Å²) in [6.07, 6.45) is 7.10. The maximum atomic E-state index is 6.02. The van der Waals surface area contributed by atoms with Crippen LogP contribution in [0.3, 0.4) is 0 Å². The van der Waals surface area contributed by atoms with E-state index in [0.29, 0.717) is 16.1 Å². The van der Waals surface area contributed by atoms with Gasteiger partial charge in [0.15, 0.2) is 11.3 Å². The molecule has 8 heteroatoms. The molecule has 0 fully saturated rings. The average Bonchev–Trinajstić information content (AvgIpc) is 2.73. The normalized spacial score (nSPS) is 24.5. The molecule has 1 aromatic rings. The summed E-state index contributed by atoms with van der Waals surface area (Å²) in [6.45, 7) is 0. The van der Waals surface area contributed by atoms with Crippen LogP contribution in [-0.2, 0) is 0 Å². The minimum atomic E-state index is -0.201. The maximum absolute atomic E-state index is 6.02. The third-order valence-electron chi connectivity index (χ3n) is 2.88. The molecule has 1 aromatic heterocycles. The lowest BCUT2D eigenvalue weighted by atomic mass is 10.0. The van der Waals surface area contributed by atoms with Crippen LogP contribution in [0, 0.1) is 0 Å². The Morgan fingerprint density at radius 1 is 1.42 bits per heavy atom. The lowest BCUT2D eigenvalue weighted by molar-refractivity contribution is 0.310. The molecule has 2 aliphatic rings. The molecular weight excluding hydrogens is 284 g/mol. The Labute approximate surface area is 119 Å². The fraction of sp³-hybridized carbons (Fsp3) is 0.273. The Hall–Kier alpha value is -1.60. The van der Waals surface area contributed by atoms with E-state index in [1.165, 1.54) is 11.8 Å². The molecule has 3 heterocycles. The molecule has 0 aromatic carbocycles. The van der Waals surface area contributed by atoms with E-state index in [4.69, 9.17) is 17.3 Å². The standard InChI is InChI=1S/C11H11ClN6S/c1-19-11-15-6(5-7(12)16-11)8-9(13)17-18-4-2-3-14-10(8)18/h2-5,8,10H,1H3,(H2,13,17). The number of amidine groups is 1. The van der Waals surface area contributed by atoms with Crippen LogP contribution in [-0.4, -0.2) is 39.4 Å². The van der Waals surface area contributed by atoms with Crippen molar-refractivity contribution >= 4 is 35.4 Å². The molecule has 2 unspecified atom stereocenters. The molecule has 0 bridgehead atoms. The molecule has 2 aliphatic heterocycles. The Kier molecular flexibility index (Phi) is 3.16. The highest BCUT2D eigenvalue weighted by molar-refractivity contribution is 7.98. The van der Waals surface area contributed by atoms with E-state index in [0.717, 1.165) is 5.69 Å². The van der Waals surface area contributed by atoms with Crippen molar-refractivity contribution in [2.75, 3.05) is 6.26 Å². The van der Waals surface area contributed by atoms with Gasteiger partial charge in [0.25, 0.3) is 0 Å². The number of thioether (sulfide) groups is 1. The molecule has 2 atom stereocenters.